The van der Waals surface area contributed by atoms with Gasteiger partial charge in [-0.2, -0.15) is 5.26 Å². The maximum atomic E-state index is 13.6. The smallest absolute Gasteiger partial charge is 0.327 e. The van der Waals surface area contributed by atoms with Crippen LogP contribution in [-0.4, -0.2) is 46.2 Å². The molecule has 1 fully saturated rings. The maximum Gasteiger partial charge on any atom is 0.327 e. The highest BCUT2D eigenvalue weighted by molar-refractivity contribution is 8.00. The van der Waals surface area contributed by atoms with E-state index in [1.165, 1.54) is 11.8 Å². The number of ether oxygens (including phenoxy) is 1. The summed E-state index contributed by atoms with van der Waals surface area (Å²) in [6.45, 7) is 2.77. The summed E-state index contributed by atoms with van der Waals surface area (Å²) in [5, 5.41) is 15.4. The Morgan fingerprint density at radius 2 is 2.00 bits per heavy atom. The number of aryl methyl sites for hydroxylation is 1. The number of pyridine rings is 1. The number of aromatic nitrogens is 1. The van der Waals surface area contributed by atoms with Gasteiger partial charge < -0.3 is 20.3 Å². The minimum absolute atomic E-state index is 0.173. The van der Waals surface area contributed by atoms with Crippen molar-refractivity contribution in [3.63, 3.8) is 0 Å². The summed E-state index contributed by atoms with van der Waals surface area (Å²) in [7, 11) is 0. The summed E-state index contributed by atoms with van der Waals surface area (Å²) in [6.07, 6.45) is 2.84. The zero-order valence-electron chi connectivity index (χ0n) is 22.4. The second-order valence-electron chi connectivity index (χ2n) is 10.2. The van der Waals surface area contributed by atoms with Gasteiger partial charge in [-0.3, -0.25) is 14.5 Å². The molecule has 41 heavy (non-hydrogen) atoms. The van der Waals surface area contributed by atoms with Gasteiger partial charge in [-0.05, 0) is 61.7 Å². The van der Waals surface area contributed by atoms with Crippen LogP contribution in [0.1, 0.15) is 36.4 Å². The summed E-state index contributed by atoms with van der Waals surface area (Å²) in [4.78, 5) is 46.8. The lowest BCUT2D eigenvalue weighted by atomic mass is 9.96. The second kappa shape index (κ2) is 11.1. The third-order valence-electron chi connectivity index (χ3n) is 7.55. The van der Waals surface area contributed by atoms with E-state index in [0.29, 0.717) is 25.1 Å². The number of thioether (sulfide) groups is 1. The quantitative estimate of drug-likeness (QED) is 0.438. The van der Waals surface area contributed by atoms with Crippen LogP contribution in [0.3, 0.4) is 0 Å². The summed E-state index contributed by atoms with van der Waals surface area (Å²) >= 11 is 1.41. The number of para-hydroxylation sites is 1. The van der Waals surface area contributed by atoms with Crippen LogP contribution in [0.5, 0.6) is 11.5 Å². The first-order valence-electron chi connectivity index (χ1n) is 13.5. The molecule has 0 saturated carbocycles. The second-order valence-corrected chi connectivity index (χ2v) is 11.4. The summed E-state index contributed by atoms with van der Waals surface area (Å²) in [5.41, 5.74) is 3.16. The van der Waals surface area contributed by atoms with Crippen LogP contribution in [0.2, 0.25) is 0 Å². The van der Waals surface area contributed by atoms with Crippen LogP contribution < -0.4 is 20.3 Å². The van der Waals surface area contributed by atoms with E-state index in [2.05, 4.69) is 15.6 Å². The zero-order valence-corrected chi connectivity index (χ0v) is 23.2. The van der Waals surface area contributed by atoms with Crippen LogP contribution in [0.15, 0.2) is 65.8 Å². The van der Waals surface area contributed by atoms with Crippen molar-refractivity contribution >= 4 is 41.0 Å². The fourth-order valence-electron chi connectivity index (χ4n) is 5.59. The van der Waals surface area contributed by atoms with Crippen LogP contribution in [0.25, 0.3) is 0 Å². The summed E-state index contributed by atoms with van der Waals surface area (Å²) in [6, 6.07) is 18.1. The van der Waals surface area contributed by atoms with E-state index < -0.39 is 11.4 Å². The van der Waals surface area contributed by atoms with Gasteiger partial charge in [0.25, 0.3) is 0 Å². The van der Waals surface area contributed by atoms with E-state index in [1.54, 1.807) is 16.0 Å². The molecule has 3 aliphatic heterocycles. The van der Waals surface area contributed by atoms with Crippen LogP contribution >= 0.6 is 11.8 Å². The number of carbonyl (C=O) groups excluding carboxylic acids is 3. The van der Waals surface area contributed by atoms with Crippen molar-refractivity contribution in [1.29, 1.82) is 5.26 Å². The molecule has 2 N–H and O–H groups in total. The Balaban J connectivity index is 1.21. The number of rotatable bonds is 6. The predicted octanol–water partition coefficient (Wildman–Crippen LogP) is 4.79. The number of hydrogen-bond donors (Lipinski definition) is 2. The number of urea groups is 1. The lowest BCUT2D eigenvalue weighted by Gasteiger charge is -2.36. The van der Waals surface area contributed by atoms with E-state index in [-0.39, 0.29) is 36.7 Å². The third-order valence-corrected chi connectivity index (χ3v) is 8.75. The zero-order chi connectivity index (χ0) is 28.5. The first-order valence-corrected chi connectivity index (χ1v) is 14.4. The molecule has 0 radical (unpaired) electrons. The fourth-order valence-corrected chi connectivity index (χ4v) is 6.83. The molecule has 2 aromatic carbocycles. The molecular weight excluding hydrogens is 540 g/mol. The molecule has 4 amide bonds. The minimum Gasteiger partial charge on any atom is -0.457 e. The van der Waals surface area contributed by atoms with E-state index in [9.17, 15) is 14.4 Å². The average molecular weight is 569 g/mol. The molecule has 1 aromatic heterocycles. The van der Waals surface area contributed by atoms with Crippen molar-refractivity contribution in [2.75, 3.05) is 18.0 Å². The molecule has 10 nitrogen and oxygen atoms in total. The van der Waals surface area contributed by atoms with Gasteiger partial charge in [0, 0.05) is 24.8 Å². The molecule has 3 aliphatic rings. The number of nitriles is 1. The molecule has 11 heteroatoms. The number of likely N-dealkylation sites (tertiary alicyclic amines) is 1. The third kappa shape index (κ3) is 5.18. The van der Waals surface area contributed by atoms with Crippen LogP contribution in [-0.2, 0) is 9.59 Å². The molecule has 3 aromatic rings. The lowest BCUT2D eigenvalue weighted by molar-refractivity contribution is -0.135. The van der Waals surface area contributed by atoms with Crippen molar-refractivity contribution in [3.05, 3.63) is 71.9 Å². The normalized spacial score (nSPS) is 21.0. The maximum absolute atomic E-state index is 13.6. The van der Waals surface area contributed by atoms with Gasteiger partial charge in [-0.1, -0.05) is 30.0 Å². The Bertz CT molecular complexity index is 1560. The Kier molecular flexibility index (Phi) is 7.24. The van der Waals surface area contributed by atoms with E-state index >= 15 is 0 Å². The first-order chi connectivity index (χ1) is 19.9. The summed E-state index contributed by atoms with van der Waals surface area (Å²) < 4.78 is 5.97. The highest BCUT2D eigenvalue weighted by Crippen LogP contribution is 2.50. The largest absolute Gasteiger partial charge is 0.457 e. The Hall–Kier alpha value is -4.56. The molecular formula is C30H28N6O4S. The molecule has 4 heterocycles. The Morgan fingerprint density at radius 1 is 1.17 bits per heavy atom. The molecule has 0 bridgehead atoms. The topological polar surface area (TPSA) is 128 Å². The van der Waals surface area contributed by atoms with Gasteiger partial charge in [-0.15, -0.1) is 0 Å². The number of benzene rings is 2. The van der Waals surface area contributed by atoms with Gasteiger partial charge in [-0.25, -0.2) is 9.78 Å². The van der Waals surface area contributed by atoms with E-state index in [0.717, 1.165) is 33.3 Å². The number of anilines is 2. The highest BCUT2D eigenvalue weighted by Gasteiger charge is 2.45. The van der Waals surface area contributed by atoms with Crippen molar-refractivity contribution in [2.45, 2.75) is 42.6 Å². The van der Waals surface area contributed by atoms with E-state index in [1.807, 2.05) is 67.6 Å². The number of nitrogens with one attached hydrogen (secondary N) is 2. The number of carbonyl (C=O) groups is 3. The predicted molar refractivity (Wildman–Crippen MR) is 153 cm³/mol. The van der Waals surface area contributed by atoms with Gasteiger partial charge >= 0.3 is 6.03 Å². The molecule has 3 unspecified atom stereocenters. The van der Waals surface area contributed by atoms with Crippen molar-refractivity contribution in [2.24, 2.45) is 5.92 Å². The standard InChI is InChI=1S/C30H28N6O4S/c1-18-16-21(40-20-7-3-2-4-8-20)9-10-22(18)36-23-12-14-32-28-25(23)26(33-30(36)39)29(41-28)34-27(38)19-6-5-15-35(17-19)24(37)11-13-31/h2-4,7-10,12,14,16,19,26,29H,5-6,11,15,17H2,1H3,(H,33,39)(H,34,38). The minimum atomic E-state index is -0.452. The van der Waals surface area contributed by atoms with Gasteiger partial charge in [0.05, 0.1) is 29.4 Å². The lowest BCUT2D eigenvalue weighted by Crippen LogP contribution is -2.52. The van der Waals surface area contributed by atoms with Crippen LogP contribution in [0, 0.1) is 24.2 Å². The number of amides is 4. The molecule has 3 atom stereocenters. The Labute approximate surface area is 241 Å². The van der Waals surface area contributed by atoms with Gasteiger partial charge in [0.2, 0.25) is 11.8 Å². The molecule has 0 aliphatic carbocycles. The van der Waals surface area contributed by atoms with Gasteiger partial charge in [0.1, 0.15) is 28.3 Å². The van der Waals surface area contributed by atoms with Crippen molar-refractivity contribution in [1.82, 2.24) is 20.5 Å². The average Bonchev–Trinajstić information content (AvgIpc) is 3.32. The molecule has 1 saturated heterocycles. The van der Waals surface area contributed by atoms with Gasteiger partial charge in [0.15, 0.2) is 0 Å². The number of hydrogen-bond acceptors (Lipinski definition) is 7. The monoisotopic (exact) mass is 568 g/mol. The summed E-state index contributed by atoms with van der Waals surface area (Å²) in [5.74, 6) is 0.591. The molecule has 0 spiro atoms. The Morgan fingerprint density at radius 3 is 2.78 bits per heavy atom. The fraction of sp³-hybridized carbons (Fsp3) is 0.300. The number of piperidine rings is 1. The van der Waals surface area contributed by atoms with Crippen molar-refractivity contribution < 1.29 is 19.1 Å². The number of nitrogens with zero attached hydrogens (tertiary/aromatic N) is 4. The van der Waals surface area contributed by atoms with E-state index in [4.69, 9.17) is 10.00 Å². The molecule has 208 valence electrons. The van der Waals surface area contributed by atoms with Crippen molar-refractivity contribution in [3.8, 4) is 17.6 Å². The highest BCUT2D eigenvalue weighted by atomic mass is 32.2. The SMILES string of the molecule is Cc1cc(Oc2ccccc2)ccc1N1C(=O)NC2c3c1ccnc3SC2NC(=O)C1CCCN(C(=O)CC#N)C1. The molecule has 6 rings (SSSR count). The van der Waals surface area contributed by atoms with Crippen LogP contribution in [0.4, 0.5) is 16.2 Å². The first kappa shape index (κ1) is 26.7.